The predicted octanol–water partition coefficient (Wildman–Crippen LogP) is 6.16. The quantitative estimate of drug-likeness (QED) is 0.0691. The van der Waals surface area contributed by atoms with Gasteiger partial charge in [0.25, 0.3) is 31.3 Å². The molecule has 304 valence electrons. The van der Waals surface area contributed by atoms with Crippen molar-refractivity contribution in [2.45, 2.75) is 53.6 Å². The number of aryl methyl sites for hydroxylation is 4. The Labute approximate surface area is 338 Å². The Morgan fingerprint density at radius 3 is 1.40 bits per heavy atom. The highest BCUT2D eigenvalue weighted by Crippen LogP contribution is 2.46. The second-order valence-corrected chi connectivity index (χ2v) is 17.2. The summed E-state index contributed by atoms with van der Waals surface area (Å²) in [6, 6.07) is 18.2. The summed E-state index contributed by atoms with van der Waals surface area (Å²) in [7, 11) is -0.0963. The van der Waals surface area contributed by atoms with E-state index in [1.807, 2.05) is 83.1 Å². The number of β-lactam (4-membered cyclic amide) rings is 2. The molecular formula is C40H47ClN6O8S2. The number of amides is 2. The molecule has 57 heavy (non-hydrogen) atoms. The molecule has 0 aliphatic carbocycles. The fraction of sp³-hybridized carbons (Fsp3) is 0.250. The lowest BCUT2D eigenvalue weighted by atomic mass is 9.87. The Balaban J connectivity index is 0.000000228. The van der Waals surface area contributed by atoms with E-state index in [-0.39, 0.29) is 17.9 Å². The summed E-state index contributed by atoms with van der Waals surface area (Å²) in [6.07, 6.45) is 0. The normalized spacial score (nSPS) is 16.4. The van der Waals surface area contributed by atoms with Crippen molar-refractivity contribution in [3.63, 3.8) is 0 Å². The molecule has 7 N–H and O–H groups in total. The van der Waals surface area contributed by atoms with Crippen LogP contribution in [0.15, 0.2) is 85.0 Å². The first-order chi connectivity index (χ1) is 26.4. The summed E-state index contributed by atoms with van der Waals surface area (Å²) in [6.45, 7) is 19.5. The van der Waals surface area contributed by atoms with Crippen molar-refractivity contribution in [2.75, 3.05) is 34.5 Å². The number of benzene rings is 4. The fourth-order valence-electron chi connectivity index (χ4n) is 6.41. The lowest BCUT2D eigenvalue weighted by Crippen LogP contribution is -2.49. The zero-order valence-electron chi connectivity index (χ0n) is 32.9. The van der Waals surface area contributed by atoms with Crippen molar-refractivity contribution in [2.24, 2.45) is 10.3 Å². The van der Waals surface area contributed by atoms with Crippen LogP contribution in [0.3, 0.4) is 0 Å². The third-order valence-electron chi connectivity index (χ3n) is 9.82. The monoisotopic (exact) mass is 838 g/mol. The molecule has 2 amide bonds. The average Bonchev–Trinajstić information content (AvgIpc) is 3.12. The van der Waals surface area contributed by atoms with Crippen LogP contribution in [-0.2, 0) is 29.0 Å². The number of anilines is 4. The highest BCUT2D eigenvalue weighted by atomic mass is 35.7. The first-order valence-corrected chi connectivity index (χ1v) is 21.1. The van der Waals surface area contributed by atoms with Gasteiger partial charge in [-0.25, -0.2) is 10.3 Å². The van der Waals surface area contributed by atoms with Crippen LogP contribution >= 0.6 is 10.7 Å². The molecule has 0 spiro atoms. The van der Waals surface area contributed by atoms with Gasteiger partial charge in [-0.15, -0.1) is 0 Å². The molecule has 17 heteroatoms. The number of nitrogens with two attached hydrogens (primary N) is 3. The maximum atomic E-state index is 12.6. The molecule has 2 aliphatic heterocycles. The Hall–Kier alpha value is -5.39. The third-order valence-corrected chi connectivity index (χ3v) is 10.3. The number of nitrogen functional groups attached to an aromatic ring is 1. The topological polar surface area (TPSA) is 217 Å². The summed E-state index contributed by atoms with van der Waals surface area (Å²) in [5.41, 5.74) is 17.3. The van der Waals surface area contributed by atoms with E-state index >= 15 is 0 Å². The van der Waals surface area contributed by atoms with Crippen LogP contribution in [0.2, 0.25) is 0 Å². The number of hydrogen-bond donors (Lipinski definition) is 4. The van der Waals surface area contributed by atoms with Gasteiger partial charge in [0.15, 0.2) is 0 Å². The van der Waals surface area contributed by atoms with Crippen LogP contribution in [0, 0.1) is 41.5 Å². The number of nitrogens with one attached hydrogen (secondary N) is 1. The van der Waals surface area contributed by atoms with Gasteiger partial charge < -0.3 is 15.2 Å². The van der Waals surface area contributed by atoms with E-state index in [1.54, 1.807) is 43.1 Å². The number of rotatable bonds is 8. The molecule has 14 nitrogen and oxygen atoms in total. The van der Waals surface area contributed by atoms with Crippen molar-refractivity contribution in [1.82, 2.24) is 0 Å². The average molecular weight is 839 g/mol. The summed E-state index contributed by atoms with van der Waals surface area (Å²) >= 11 is 0. The molecule has 0 radical (unpaired) electrons. The highest BCUT2D eigenvalue weighted by molar-refractivity contribution is 8.11. The van der Waals surface area contributed by atoms with E-state index in [9.17, 15) is 26.4 Å². The van der Waals surface area contributed by atoms with Gasteiger partial charge in [0.05, 0.1) is 32.0 Å². The molecule has 0 bridgehead atoms. The van der Waals surface area contributed by atoms with Gasteiger partial charge >= 0.3 is 0 Å². The van der Waals surface area contributed by atoms with Crippen molar-refractivity contribution in [3.05, 3.63) is 129 Å². The molecule has 2 fully saturated rings. The Bertz CT molecular complexity index is 2520. The lowest BCUT2D eigenvalue weighted by Gasteiger charge is -2.43. The molecule has 2 aliphatic rings. The molecule has 0 aromatic heterocycles. The summed E-state index contributed by atoms with van der Waals surface area (Å²) in [5, 5.41) is 9.20. The van der Waals surface area contributed by atoms with E-state index in [2.05, 4.69) is 33.7 Å². The van der Waals surface area contributed by atoms with Gasteiger partial charge in [-0.1, -0.05) is 37.4 Å². The van der Waals surface area contributed by atoms with Gasteiger partial charge in [0.1, 0.15) is 11.5 Å². The highest BCUT2D eigenvalue weighted by Gasteiger charge is 2.44. The molecule has 0 saturated carbocycles. The number of carbonyl (C=O) groups is 2. The molecule has 2 heterocycles. The molecule has 0 unspecified atom stereocenters. The van der Waals surface area contributed by atoms with E-state index in [1.165, 1.54) is 0 Å². The fourth-order valence-corrected chi connectivity index (χ4v) is 6.94. The van der Waals surface area contributed by atoms with Gasteiger partial charge in [0.2, 0.25) is 0 Å². The van der Waals surface area contributed by atoms with Gasteiger partial charge in [-0.05, 0) is 110 Å². The minimum Gasteiger partial charge on any atom is -0.496 e. The van der Waals surface area contributed by atoms with Crippen LogP contribution in [0.5, 0.6) is 11.5 Å². The minimum absolute atomic E-state index is 0.0653. The van der Waals surface area contributed by atoms with Crippen molar-refractivity contribution < 1.29 is 35.9 Å². The standard InChI is InChI=1S/C20H23N3O4S.C20H22N2O2.ClH2NO2S/c1-11-6-7-15(9-17(11)22-28(21,25)26)19-14(4)20(24)23(19)16-8-12(2)13(3)18(10-16)27-5;1-11-6-7-15(9-17(11)21)19-14(4)20(23)22(19)16-8-12(2)13(3)18(10-16)24-5;1-5(2,3)4/h6-10,19,22H,4H2,1-3,5H3,(H2,21,25,26);6-10,19H,4,21H2,1-3,5H3;(H2,2,3,4)/t2*19-;/m11./s1. The number of ether oxygens (including phenoxy) is 2. The number of methoxy groups -OCH3 is 2. The number of carbonyl (C=O) groups excluding carboxylic acids is 2. The maximum absolute atomic E-state index is 12.6. The summed E-state index contributed by atoms with van der Waals surface area (Å²) < 4.78 is 54.4. The van der Waals surface area contributed by atoms with Crippen LogP contribution in [0.1, 0.15) is 56.6 Å². The molecule has 4 aromatic carbocycles. The van der Waals surface area contributed by atoms with E-state index < -0.39 is 25.5 Å². The minimum atomic E-state index is -3.91. The SMILES string of the molecule is C=C1C(=O)N(c2cc(C)c(C)c(OC)c2)[C@H]1c1ccc(C)c(N)c1.C=C1C(=O)N(c2cc(C)c(C)c(OC)c2)[C@H]1c1ccc(C)c(NS(N)(=O)=O)c1.NS(=O)(=O)Cl. The molecular weight excluding hydrogens is 792 g/mol. The van der Waals surface area contributed by atoms with Crippen LogP contribution in [0.25, 0.3) is 0 Å². The van der Waals surface area contributed by atoms with E-state index in [0.717, 1.165) is 56.1 Å². The van der Waals surface area contributed by atoms with E-state index in [0.29, 0.717) is 33.8 Å². The second-order valence-electron chi connectivity index (χ2n) is 13.7. The van der Waals surface area contributed by atoms with Crippen molar-refractivity contribution in [1.29, 1.82) is 0 Å². The van der Waals surface area contributed by atoms with Gasteiger partial charge in [-0.3, -0.25) is 24.1 Å². The molecule has 6 rings (SSSR count). The first kappa shape index (κ1) is 44.3. The smallest absolute Gasteiger partial charge is 0.296 e. The van der Waals surface area contributed by atoms with Gasteiger partial charge in [-0.2, -0.15) is 16.8 Å². The Morgan fingerprint density at radius 2 is 1.04 bits per heavy atom. The number of halogens is 1. The van der Waals surface area contributed by atoms with Gasteiger partial charge in [0, 0.05) is 51.0 Å². The molecule has 2 saturated heterocycles. The lowest BCUT2D eigenvalue weighted by molar-refractivity contribution is -0.119. The van der Waals surface area contributed by atoms with Crippen LogP contribution in [0.4, 0.5) is 22.7 Å². The third kappa shape index (κ3) is 9.95. The van der Waals surface area contributed by atoms with E-state index in [4.69, 9.17) is 20.3 Å². The second kappa shape index (κ2) is 17.0. The Kier molecular flexibility index (Phi) is 13.2. The molecule has 2 atom stereocenters. The predicted molar refractivity (Wildman–Crippen MR) is 226 cm³/mol. The zero-order valence-corrected chi connectivity index (χ0v) is 35.3. The number of hydrogen-bond acceptors (Lipinski definition) is 9. The first-order valence-electron chi connectivity index (χ1n) is 17.2. The van der Waals surface area contributed by atoms with Crippen LogP contribution < -0.4 is 40.0 Å². The van der Waals surface area contributed by atoms with Crippen molar-refractivity contribution >= 4 is 64.7 Å². The summed E-state index contributed by atoms with van der Waals surface area (Å²) in [5.74, 6) is 1.22. The Morgan fingerprint density at radius 1 is 0.649 bits per heavy atom. The molecule has 4 aromatic rings. The zero-order chi connectivity index (χ0) is 42.9. The van der Waals surface area contributed by atoms with Crippen molar-refractivity contribution in [3.8, 4) is 11.5 Å². The summed E-state index contributed by atoms with van der Waals surface area (Å²) in [4.78, 5) is 28.4. The number of nitrogens with zero attached hydrogens (tertiary/aromatic N) is 2. The largest absolute Gasteiger partial charge is 0.496 e. The van der Waals surface area contributed by atoms with Crippen LogP contribution in [-0.4, -0.2) is 42.9 Å². The maximum Gasteiger partial charge on any atom is 0.296 e.